The molecule has 1 unspecified atom stereocenters. The summed E-state index contributed by atoms with van der Waals surface area (Å²) >= 11 is 0. The number of rotatable bonds is 4. The van der Waals surface area contributed by atoms with Gasteiger partial charge < -0.3 is 10.2 Å². The van der Waals surface area contributed by atoms with Crippen LogP contribution in [0.2, 0.25) is 0 Å². The van der Waals surface area contributed by atoms with Crippen molar-refractivity contribution >= 4 is 5.78 Å². The van der Waals surface area contributed by atoms with Gasteiger partial charge in [0, 0.05) is 44.2 Å². The van der Waals surface area contributed by atoms with E-state index in [1.54, 1.807) is 0 Å². The molecule has 1 aromatic rings. The Kier molecular flexibility index (Phi) is 4.95. The zero-order valence-electron chi connectivity index (χ0n) is 13.1. The number of Topliss-reactive ketones (excluding diaryl/α,β-unsaturated/α-hetero) is 1. The van der Waals surface area contributed by atoms with E-state index < -0.39 is 0 Å². The van der Waals surface area contributed by atoms with Crippen LogP contribution in [-0.4, -0.2) is 43.4 Å². The van der Waals surface area contributed by atoms with Crippen LogP contribution in [-0.2, 0) is 0 Å². The standard InChI is InChI=1S/C17H26N2O/c1-12-9-13(2)16(14(3)10-12)17(20)15(4)11-19-7-5-18-6-8-19/h9-10,15,18H,5-8,11H2,1-4H3. The zero-order valence-corrected chi connectivity index (χ0v) is 13.1. The highest BCUT2D eigenvalue weighted by Gasteiger charge is 2.22. The molecule has 1 saturated heterocycles. The van der Waals surface area contributed by atoms with E-state index in [-0.39, 0.29) is 5.92 Å². The molecule has 20 heavy (non-hydrogen) atoms. The largest absolute Gasteiger partial charge is 0.314 e. The quantitative estimate of drug-likeness (QED) is 0.855. The van der Waals surface area contributed by atoms with Crippen LogP contribution in [0.4, 0.5) is 0 Å². The minimum absolute atomic E-state index is 0.0632. The highest BCUT2D eigenvalue weighted by molar-refractivity contribution is 6.00. The van der Waals surface area contributed by atoms with Crippen LogP contribution >= 0.6 is 0 Å². The molecule has 0 spiro atoms. The third-order valence-electron chi connectivity index (χ3n) is 4.11. The Balaban J connectivity index is 2.10. The molecule has 1 heterocycles. The van der Waals surface area contributed by atoms with Crippen molar-refractivity contribution in [2.45, 2.75) is 27.7 Å². The van der Waals surface area contributed by atoms with E-state index in [0.29, 0.717) is 5.78 Å². The lowest BCUT2D eigenvalue weighted by atomic mass is 9.90. The van der Waals surface area contributed by atoms with Crippen LogP contribution in [0.25, 0.3) is 0 Å². The van der Waals surface area contributed by atoms with Crippen molar-refractivity contribution < 1.29 is 4.79 Å². The van der Waals surface area contributed by atoms with Gasteiger partial charge in [0.15, 0.2) is 5.78 Å². The van der Waals surface area contributed by atoms with Gasteiger partial charge in [-0.1, -0.05) is 24.6 Å². The molecule has 1 aromatic carbocycles. The van der Waals surface area contributed by atoms with Crippen molar-refractivity contribution in [2.24, 2.45) is 5.92 Å². The Morgan fingerprint density at radius 3 is 2.30 bits per heavy atom. The van der Waals surface area contributed by atoms with E-state index >= 15 is 0 Å². The Hall–Kier alpha value is -1.19. The Morgan fingerprint density at radius 1 is 1.20 bits per heavy atom. The van der Waals surface area contributed by atoms with Crippen LogP contribution in [0, 0.1) is 26.7 Å². The number of nitrogens with one attached hydrogen (secondary N) is 1. The monoisotopic (exact) mass is 274 g/mol. The van der Waals surface area contributed by atoms with Gasteiger partial charge in [-0.05, 0) is 31.9 Å². The summed E-state index contributed by atoms with van der Waals surface area (Å²) in [4.78, 5) is 15.1. The van der Waals surface area contributed by atoms with Crippen LogP contribution < -0.4 is 5.32 Å². The van der Waals surface area contributed by atoms with Gasteiger partial charge in [0.1, 0.15) is 0 Å². The lowest BCUT2D eigenvalue weighted by Gasteiger charge is -2.29. The summed E-state index contributed by atoms with van der Waals surface area (Å²) in [7, 11) is 0. The second-order valence-corrected chi connectivity index (χ2v) is 6.09. The van der Waals surface area contributed by atoms with Gasteiger partial charge in [0.25, 0.3) is 0 Å². The van der Waals surface area contributed by atoms with Gasteiger partial charge in [0.2, 0.25) is 0 Å². The van der Waals surface area contributed by atoms with Gasteiger partial charge in [-0.3, -0.25) is 4.79 Å². The smallest absolute Gasteiger partial charge is 0.167 e. The maximum absolute atomic E-state index is 12.7. The molecule has 110 valence electrons. The molecule has 1 N–H and O–H groups in total. The minimum atomic E-state index is 0.0632. The maximum Gasteiger partial charge on any atom is 0.167 e. The van der Waals surface area contributed by atoms with Crippen molar-refractivity contribution in [3.63, 3.8) is 0 Å². The van der Waals surface area contributed by atoms with Gasteiger partial charge in [-0.25, -0.2) is 0 Å². The zero-order chi connectivity index (χ0) is 14.7. The lowest BCUT2D eigenvalue weighted by molar-refractivity contribution is 0.0886. The Labute approximate surface area is 122 Å². The van der Waals surface area contributed by atoms with Crippen LogP contribution in [0.3, 0.4) is 0 Å². The fraction of sp³-hybridized carbons (Fsp3) is 0.588. The Bertz CT molecular complexity index is 467. The summed E-state index contributed by atoms with van der Waals surface area (Å²) < 4.78 is 0. The molecule has 0 aliphatic carbocycles. The van der Waals surface area contributed by atoms with Crippen molar-refractivity contribution in [1.82, 2.24) is 10.2 Å². The fourth-order valence-corrected chi connectivity index (χ4v) is 3.18. The third-order valence-corrected chi connectivity index (χ3v) is 4.11. The number of nitrogens with zero attached hydrogens (tertiary/aromatic N) is 1. The first-order valence-corrected chi connectivity index (χ1v) is 7.54. The molecule has 0 amide bonds. The number of hydrogen-bond donors (Lipinski definition) is 1. The fourth-order valence-electron chi connectivity index (χ4n) is 3.18. The van der Waals surface area contributed by atoms with Gasteiger partial charge in [0.05, 0.1) is 0 Å². The Morgan fingerprint density at radius 2 is 1.75 bits per heavy atom. The second kappa shape index (κ2) is 6.51. The number of carbonyl (C=O) groups is 1. The van der Waals surface area contributed by atoms with Crippen LogP contribution in [0.5, 0.6) is 0 Å². The number of aryl methyl sites for hydroxylation is 3. The first-order valence-electron chi connectivity index (χ1n) is 7.54. The predicted octanol–water partition coefficient (Wildman–Crippen LogP) is 2.34. The highest BCUT2D eigenvalue weighted by Crippen LogP contribution is 2.20. The van der Waals surface area contributed by atoms with Crippen molar-refractivity contribution in [3.8, 4) is 0 Å². The molecule has 0 bridgehead atoms. The molecule has 1 aliphatic heterocycles. The number of benzene rings is 1. The molecule has 3 nitrogen and oxygen atoms in total. The molecule has 3 heteroatoms. The van der Waals surface area contributed by atoms with Gasteiger partial charge in [-0.15, -0.1) is 0 Å². The van der Waals surface area contributed by atoms with E-state index in [2.05, 4.69) is 36.2 Å². The molecule has 1 fully saturated rings. The molecule has 1 aliphatic rings. The molecular weight excluding hydrogens is 248 g/mol. The maximum atomic E-state index is 12.7. The summed E-state index contributed by atoms with van der Waals surface area (Å²) in [5, 5.41) is 3.35. The molecular formula is C17H26N2O. The van der Waals surface area contributed by atoms with Crippen LogP contribution in [0.1, 0.15) is 34.0 Å². The number of hydrogen-bond acceptors (Lipinski definition) is 3. The summed E-state index contributed by atoms with van der Waals surface area (Å²) in [6.45, 7) is 13.3. The number of piperazine rings is 1. The van der Waals surface area contributed by atoms with Gasteiger partial charge in [-0.2, -0.15) is 0 Å². The minimum Gasteiger partial charge on any atom is -0.314 e. The first-order chi connectivity index (χ1) is 9.49. The average Bonchev–Trinajstić information content (AvgIpc) is 2.38. The molecule has 1 atom stereocenters. The summed E-state index contributed by atoms with van der Waals surface area (Å²) in [5.41, 5.74) is 4.38. The van der Waals surface area contributed by atoms with E-state index in [1.807, 2.05) is 13.8 Å². The molecule has 0 radical (unpaired) electrons. The van der Waals surface area contributed by atoms with E-state index in [0.717, 1.165) is 49.4 Å². The molecule has 0 saturated carbocycles. The highest BCUT2D eigenvalue weighted by atomic mass is 16.1. The van der Waals surface area contributed by atoms with Crippen molar-refractivity contribution in [2.75, 3.05) is 32.7 Å². The summed E-state index contributed by atoms with van der Waals surface area (Å²) in [5.74, 6) is 0.353. The van der Waals surface area contributed by atoms with E-state index in [1.165, 1.54) is 5.56 Å². The lowest BCUT2D eigenvalue weighted by Crippen LogP contribution is -2.45. The normalized spacial score (nSPS) is 18.0. The molecule has 0 aromatic heterocycles. The summed E-state index contributed by atoms with van der Waals surface area (Å²) in [6, 6.07) is 4.22. The average molecular weight is 274 g/mol. The van der Waals surface area contributed by atoms with Crippen molar-refractivity contribution in [3.05, 3.63) is 34.4 Å². The van der Waals surface area contributed by atoms with Crippen LogP contribution in [0.15, 0.2) is 12.1 Å². The van der Waals surface area contributed by atoms with E-state index in [4.69, 9.17) is 0 Å². The topological polar surface area (TPSA) is 32.3 Å². The van der Waals surface area contributed by atoms with E-state index in [9.17, 15) is 4.79 Å². The summed E-state index contributed by atoms with van der Waals surface area (Å²) in [6.07, 6.45) is 0. The second-order valence-electron chi connectivity index (χ2n) is 6.09. The SMILES string of the molecule is Cc1cc(C)c(C(=O)C(C)CN2CCNCC2)c(C)c1. The predicted molar refractivity (Wildman–Crippen MR) is 83.5 cm³/mol. The van der Waals surface area contributed by atoms with Crippen molar-refractivity contribution in [1.29, 1.82) is 0 Å². The number of carbonyl (C=O) groups excluding carboxylic acids is 1. The first kappa shape index (κ1) is 15.2. The number of ketones is 1. The third kappa shape index (κ3) is 3.47. The van der Waals surface area contributed by atoms with Gasteiger partial charge >= 0.3 is 0 Å². The molecule has 2 rings (SSSR count).